The van der Waals surface area contributed by atoms with Crippen LogP contribution in [0.25, 0.3) is 0 Å². The third-order valence-corrected chi connectivity index (χ3v) is 3.39. The minimum atomic E-state index is 0.273. The summed E-state index contributed by atoms with van der Waals surface area (Å²) in [7, 11) is 0. The summed E-state index contributed by atoms with van der Waals surface area (Å²) in [6.45, 7) is 4.25. The molecule has 0 spiro atoms. The molecule has 1 unspecified atom stereocenters. The van der Waals surface area contributed by atoms with Crippen molar-refractivity contribution >= 4 is 11.5 Å². The van der Waals surface area contributed by atoms with Crippen LogP contribution in [0.1, 0.15) is 24.8 Å². The predicted molar refractivity (Wildman–Crippen MR) is 70.0 cm³/mol. The lowest BCUT2D eigenvalue weighted by atomic mass is 9.95. The van der Waals surface area contributed by atoms with Crippen LogP contribution in [0.5, 0.6) is 0 Å². The number of hydrogen-bond donors (Lipinski definition) is 2. The van der Waals surface area contributed by atoms with Gasteiger partial charge in [0.1, 0.15) is 0 Å². The van der Waals surface area contributed by atoms with Crippen LogP contribution < -0.4 is 10.6 Å². The number of aliphatic hydroxyl groups is 1. The number of nitrogens with two attached hydrogens (primary N) is 1. The van der Waals surface area contributed by atoms with E-state index in [1.54, 1.807) is 0 Å². The highest BCUT2D eigenvalue weighted by molar-refractivity contribution is 5.63. The van der Waals surface area contributed by atoms with Gasteiger partial charge in [-0.15, -0.1) is 0 Å². The van der Waals surface area contributed by atoms with Crippen LogP contribution in [0.2, 0.25) is 0 Å². The Kier molecular flexibility index (Phi) is 3.84. The minimum absolute atomic E-state index is 0.273. The third-order valence-electron chi connectivity index (χ3n) is 3.39. The van der Waals surface area contributed by atoms with Crippen molar-refractivity contribution in [3.8, 4) is 0 Å². The molecule has 4 heteroatoms. The fraction of sp³-hybridized carbons (Fsp3) is 0.615. The van der Waals surface area contributed by atoms with Gasteiger partial charge in [-0.3, -0.25) is 0 Å². The molecule has 2 rings (SSSR count). The summed E-state index contributed by atoms with van der Waals surface area (Å²) >= 11 is 0. The summed E-state index contributed by atoms with van der Waals surface area (Å²) in [5.41, 5.74) is 7.87. The van der Waals surface area contributed by atoms with Crippen LogP contribution in [0.15, 0.2) is 12.3 Å². The third kappa shape index (κ3) is 2.88. The van der Waals surface area contributed by atoms with Gasteiger partial charge >= 0.3 is 0 Å². The maximum absolute atomic E-state index is 9.01. The molecule has 1 aromatic heterocycles. The molecule has 1 atom stereocenters. The van der Waals surface area contributed by atoms with Crippen molar-refractivity contribution in [3.63, 3.8) is 0 Å². The van der Waals surface area contributed by atoms with Crippen molar-refractivity contribution in [2.75, 3.05) is 30.3 Å². The predicted octanol–water partition coefficient (Wildman–Crippen LogP) is 1.57. The first-order valence-electron chi connectivity index (χ1n) is 6.28. The van der Waals surface area contributed by atoms with E-state index in [1.165, 1.54) is 6.42 Å². The number of nitrogen functional groups attached to an aromatic ring is 1. The van der Waals surface area contributed by atoms with E-state index in [0.29, 0.717) is 5.92 Å². The van der Waals surface area contributed by atoms with Crippen molar-refractivity contribution in [2.24, 2.45) is 5.92 Å². The number of pyridine rings is 1. The zero-order valence-electron chi connectivity index (χ0n) is 10.4. The minimum Gasteiger partial charge on any atom is -0.396 e. The van der Waals surface area contributed by atoms with Gasteiger partial charge < -0.3 is 15.7 Å². The number of piperidine rings is 1. The highest BCUT2D eigenvalue weighted by Gasteiger charge is 2.21. The standard InChI is InChI=1S/C13H21N3O/c1-10-7-12(14)13(15-8-10)16-5-2-3-11(9-16)4-6-17/h7-8,11,17H,2-6,9,14H2,1H3. The Morgan fingerprint density at radius 3 is 3.12 bits per heavy atom. The van der Waals surface area contributed by atoms with Crippen LogP contribution in [-0.2, 0) is 0 Å². The number of aromatic nitrogens is 1. The second-order valence-corrected chi connectivity index (χ2v) is 4.89. The molecule has 1 saturated heterocycles. The lowest BCUT2D eigenvalue weighted by Gasteiger charge is -2.34. The molecule has 0 aromatic carbocycles. The maximum atomic E-state index is 9.01. The Morgan fingerprint density at radius 2 is 2.41 bits per heavy atom. The van der Waals surface area contributed by atoms with E-state index < -0.39 is 0 Å². The molecule has 94 valence electrons. The molecule has 0 aliphatic carbocycles. The molecule has 1 aliphatic heterocycles. The summed E-state index contributed by atoms with van der Waals surface area (Å²) in [6, 6.07) is 1.97. The molecule has 0 saturated carbocycles. The zero-order valence-corrected chi connectivity index (χ0v) is 10.4. The normalized spacial score (nSPS) is 20.6. The molecule has 4 nitrogen and oxygen atoms in total. The van der Waals surface area contributed by atoms with Crippen molar-refractivity contribution in [2.45, 2.75) is 26.2 Å². The highest BCUT2D eigenvalue weighted by atomic mass is 16.3. The van der Waals surface area contributed by atoms with Gasteiger partial charge in [-0.2, -0.15) is 0 Å². The first kappa shape index (κ1) is 12.2. The molecule has 0 radical (unpaired) electrons. The molecule has 3 N–H and O–H groups in total. The van der Waals surface area contributed by atoms with Gasteiger partial charge in [-0.1, -0.05) is 0 Å². The van der Waals surface area contributed by atoms with Gasteiger partial charge in [0.15, 0.2) is 5.82 Å². The average Bonchev–Trinajstić information content (AvgIpc) is 2.29. The van der Waals surface area contributed by atoms with E-state index in [2.05, 4.69) is 9.88 Å². The molecule has 1 fully saturated rings. The highest BCUT2D eigenvalue weighted by Crippen LogP contribution is 2.27. The summed E-state index contributed by atoms with van der Waals surface area (Å²) in [6.07, 6.45) is 5.09. The second kappa shape index (κ2) is 5.36. The van der Waals surface area contributed by atoms with Gasteiger partial charge in [0.05, 0.1) is 5.69 Å². The van der Waals surface area contributed by atoms with Crippen LogP contribution in [0.3, 0.4) is 0 Å². The van der Waals surface area contributed by atoms with E-state index in [-0.39, 0.29) is 6.61 Å². The molecular formula is C13H21N3O. The lowest BCUT2D eigenvalue weighted by molar-refractivity contribution is 0.244. The summed E-state index contributed by atoms with van der Waals surface area (Å²) < 4.78 is 0. The maximum Gasteiger partial charge on any atom is 0.151 e. The fourth-order valence-electron chi connectivity index (χ4n) is 2.52. The van der Waals surface area contributed by atoms with Gasteiger partial charge in [0.25, 0.3) is 0 Å². The van der Waals surface area contributed by atoms with E-state index >= 15 is 0 Å². The SMILES string of the molecule is Cc1cnc(N2CCCC(CCO)C2)c(N)c1. The Balaban J connectivity index is 2.10. The monoisotopic (exact) mass is 235 g/mol. The number of rotatable bonds is 3. The Labute approximate surface area is 102 Å². The van der Waals surface area contributed by atoms with Gasteiger partial charge in [0, 0.05) is 25.9 Å². The van der Waals surface area contributed by atoms with Crippen LogP contribution in [0.4, 0.5) is 11.5 Å². The first-order valence-corrected chi connectivity index (χ1v) is 6.28. The molecule has 1 aliphatic rings. The van der Waals surface area contributed by atoms with Crippen LogP contribution in [0, 0.1) is 12.8 Å². The quantitative estimate of drug-likeness (QED) is 0.835. The van der Waals surface area contributed by atoms with Gasteiger partial charge in [0.2, 0.25) is 0 Å². The lowest BCUT2D eigenvalue weighted by Crippen LogP contribution is -2.36. The van der Waals surface area contributed by atoms with E-state index in [9.17, 15) is 0 Å². The van der Waals surface area contributed by atoms with Crippen LogP contribution in [-0.4, -0.2) is 29.8 Å². The summed E-state index contributed by atoms with van der Waals surface area (Å²) in [5.74, 6) is 1.47. The Bertz CT molecular complexity index is 379. The largest absolute Gasteiger partial charge is 0.396 e. The van der Waals surface area contributed by atoms with E-state index in [0.717, 1.165) is 43.0 Å². The van der Waals surface area contributed by atoms with E-state index in [4.69, 9.17) is 10.8 Å². The molecule has 1 aromatic rings. The van der Waals surface area contributed by atoms with Gasteiger partial charge in [-0.25, -0.2) is 4.98 Å². The molecular weight excluding hydrogens is 214 g/mol. The topological polar surface area (TPSA) is 62.4 Å². The number of aryl methyl sites for hydroxylation is 1. The second-order valence-electron chi connectivity index (χ2n) is 4.89. The Morgan fingerprint density at radius 1 is 1.59 bits per heavy atom. The smallest absolute Gasteiger partial charge is 0.151 e. The fourth-order valence-corrected chi connectivity index (χ4v) is 2.52. The Hall–Kier alpha value is -1.29. The van der Waals surface area contributed by atoms with Crippen molar-refractivity contribution < 1.29 is 5.11 Å². The summed E-state index contributed by atoms with van der Waals surface area (Å²) in [5, 5.41) is 9.01. The van der Waals surface area contributed by atoms with Crippen LogP contribution >= 0.6 is 0 Å². The molecule has 0 bridgehead atoms. The van der Waals surface area contributed by atoms with Crippen molar-refractivity contribution in [1.29, 1.82) is 0 Å². The first-order chi connectivity index (χ1) is 8.20. The van der Waals surface area contributed by atoms with Crippen molar-refractivity contribution in [3.05, 3.63) is 17.8 Å². The summed E-state index contributed by atoms with van der Waals surface area (Å²) in [4.78, 5) is 6.68. The molecule has 0 amide bonds. The average molecular weight is 235 g/mol. The number of nitrogens with zero attached hydrogens (tertiary/aromatic N) is 2. The van der Waals surface area contributed by atoms with Gasteiger partial charge in [-0.05, 0) is 43.7 Å². The molecule has 17 heavy (non-hydrogen) atoms. The number of hydrogen-bond acceptors (Lipinski definition) is 4. The number of anilines is 2. The zero-order chi connectivity index (χ0) is 12.3. The molecule has 2 heterocycles. The van der Waals surface area contributed by atoms with Crippen molar-refractivity contribution in [1.82, 2.24) is 4.98 Å². The number of aliphatic hydroxyl groups excluding tert-OH is 1. The van der Waals surface area contributed by atoms with E-state index in [1.807, 2.05) is 19.2 Å².